The van der Waals surface area contributed by atoms with Crippen molar-refractivity contribution >= 4 is 5.91 Å². The van der Waals surface area contributed by atoms with Crippen molar-refractivity contribution in [2.75, 3.05) is 13.7 Å². The van der Waals surface area contributed by atoms with E-state index in [0.29, 0.717) is 18.2 Å². The summed E-state index contributed by atoms with van der Waals surface area (Å²) in [6.07, 6.45) is 2.32. The number of ether oxygens (including phenoxy) is 1. The van der Waals surface area contributed by atoms with Crippen molar-refractivity contribution < 1.29 is 9.53 Å². The SMILES string of the molecule is COCC(C)NC(=O)c1cc(C2CC2)nn1-c1ccccc1. The number of amides is 1. The van der Waals surface area contributed by atoms with Crippen LogP contribution < -0.4 is 5.32 Å². The van der Waals surface area contributed by atoms with E-state index in [0.717, 1.165) is 24.2 Å². The van der Waals surface area contributed by atoms with Crippen molar-refractivity contribution in [1.82, 2.24) is 15.1 Å². The van der Waals surface area contributed by atoms with Gasteiger partial charge in [0.25, 0.3) is 5.91 Å². The molecule has 1 heterocycles. The highest BCUT2D eigenvalue weighted by Gasteiger charge is 2.29. The van der Waals surface area contributed by atoms with Crippen molar-refractivity contribution in [1.29, 1.82) is 0 Å². The fraction of sp³-hybridized carbons (Fsp3) is 0.412. The second kappa shape index (κ2) is 6.32. The monoisotopic (exact) mass is 299 g/mol. The summed E-state index contributed by atoms with van der Waals surface area (Å²) in [7, 11) is 1.63. The van der Waals surface area contributed by atoms with Gasteiger partial charge in [-0.25, -0.2) is 4.68 Å². The molecule has 0 radical (unpaired) electrons. The topological polar surface area (TPSA) is 56.1 Å². The van der Waals surface area contributed by atoms with Crippen molar-refractivity contribution in [2.45, 2.75) is 31.7 Å². The highest BCUT2D eigenvalue weighted by molar-refractivity contribution is 5.93. The Morgan fingerprint density at radius 1 is 1.41 bits per heavy atom. The molecule has 1 N–H and O–H groups in total. The number of carbonyl (C=O) groups is 1. The molecule has 2 aromatic rings. The maximum Gasteiger partial charge on any atom is 0.270 e. The molecule has 1 amide bonds. The predicted octanol–water partition coefficient (Wildman–Crippen LogP) is 2.51. The van der Waals surface area contributed by atoms with Gasteiger partial charge in [0.05, 0.1) is 18.0 Å². The zero-order chi connectivity index (χ0) is 15.5. The maximum absolute atomic E-state index is 12.6. The van der Waals surface area contributed by atoms with Gasteiger partial charge in [-0.2, -0.15) is 5.10 Å². The number of hydrogen-bond donors (Lipinski definition) is 1. The lowest BCUT2D eigenvalue weighted by Crippen LogP contribution is -2.36. The predicted molar refractivity (Wildman–Crippen MR) is 84.3 cm³/mol. The summed E-state index contributed by atoms with van der Waals surface area (Å²) in [6, 6.07) is 11.6. The Kier molecular flexibility index (Phi) is 4.24. The summed E-state index contributed by atoms with van der Waals surface area (Å²) in [4.78, 5) is 12.6. The van der Waals surface area contributed by atoms with Crippen LogP contribution in [-0.4, -0.2) is 35.4 Å². The first-order valence-corrected chi connectivity index (χ1v) is 7.64. The number of para-hydroxylation sites is 1. The average molecular weight is 299 g/mol. The summed E-state index contributed by atoms with van der Waals surface area (Å²) in [5.41, 5.74) is 2.49. The number of aromatic nitrogens is 2. The van der Waals surface area contributed by atoms with Crippen LogP contribution in [0, 0.1) is 0 Å². The van der Waals surface area contributed by atoms with Crippen LogP contribution >= 0.6 is 0 Å². The first-order chi connectivity index (χ1) is 10.7. The first kappa shape index (κ1) is 14.8. The Morgan fingerprint density at radius 2 is 2.14 bits per heavy atom. The molecule has 1 aromatic carbocycles. The van der Waals surface area contributed by atoms with Gasteiger partial charge in [0, 0.05) is 19.1 Å². The lowest BCUT2D eigenvalue weighted by molar-refractivity contribution is 0.0898. The number of benzene rings is 1. The van der Waals surface area contributed by atoms with Crippen LogP contribution in [0.15, 0.2) is 36.4 Å². The molecule has 116 valence electrons. The van der Waals surface area contributed by atoms with E-state index >= 15 is 0 Å². The fourth-order valence-corrected chi connectivity index (χ4v) is 2.50. The van der Waals surface area contributed by atoms with E-state index in [1.165, 1.54) is 0 Å². The van der Waals surface area contributed by atoms with Crippen LogP contribution in [0.1, 0.15) is 41.9 Å². The van der Waals surface area contributed by atoms with E-state index in [-0.39, 0.29) is 11.9 Å². The molecule has 3 rings (SSSR count). The van der Waals surface area contributed by atoms with Crippen LogP contribution in [-0.2, 0) is 4.74 Å². The van der Waals surface area contributed by atoms with Crippen LogP contribution in [0.25, 0.3) is 5.69 Å². The third-order valence-electron chi connectivity index (χ3n) is 3.75. The highest BCUT2D eigenvalue weighted by atomic mass is 16.5. The molecule has 0 saturated heterocycles. The molecule has 22 heavy (non-hydrogen) atoms. The summed E-state index contributed by atoms with van der Waals surface area (Å²) in [5.74, 6) is 0.390. The number of nitrogens with one attached hydrogen (secondary N) is 1. The van der Waals surface area contributed by atoms with Crippen LogP contribution in [0.2, 0.25) is 0 Å². The molecule has 5 nitrogen and oxygen atoms in total. The van der Waals surface area contributed by atoms with Gasteiger partial charge in [-0.15, -0.1) is 0 Å². The van der Waals surface area contributed by atoms with Crippen molar-refractivity contribution in [3.8, 4) is 5.69 Å². The van der Waals surface area contributed by atoms with Gasteiger partial charge in [-0.3, -0.25) is 4.79 Å². The van der Waals surface area contributed by atoms with Crippen molar-refractivity contribution in [2.24, 2.45) is 0 Å². The number of nitrogens with zero attached hydrogens (tertiary/aromatic N) is 2. The molecule has 0 spiro atoms. The molecular weight excluding hydrogens is 278 g/mol. The molecule has 5 heteroatoms. The molecule has 1 aliphatic carbocycles. The molecule has 0 bridgehead atoms. The van der Waals surface area contributed by atoms with E-state index in [1.807, 2.05) is 43.3 Å². The quantitative estimate of drug-likeness (QED) is 0.891. The zero-order valence-corrected chi connectivity index (χ0v) is 13.0. The fourth-order valence-electron chi connectivity index (χ4n) is 2.50. The Hall–Kier alpha value is -2.14. The minimum atomic E-state index is -0.118. The second-order valence-electron chi connectivity index (χ2n) is 5.81. The summed E-state index contributed by atoms with van der Waals surface area (Å²) in [5, 5.41) is 7.60. The van der Waals surface area contributed by atoms with Gasteiger partial charge in [0.2, 0.25) is 0 Å². The molecule has 1 saturated carbocycles. The number of rotatable bonds is 6. The number of methoxy groups -OCH3 is 1. The smallest absolute Gasteiger partial charge is 0.270 e. The Labute approximate surface area is 130 Å². The minimum absolute atomic E-state index is 0.0407. The van der Waals surface area contributed by atoms with E-state index < -0.39 is 0 Å². The van der Waals surface area contributed by atoms with Gasteiger partial charge < -0.3 is 10.1 Å². The molecule has 1 atom stereocenters. The van der Waals surface area contributed by atoms with Gasteiger partial charge in [-0.05, 0) is 38.0 Å². The Morgan fingerprint density at radius 3 is 2.77 bits per heavy atom. The third-order valence-corrected chi connectivity index (χ3v) is 3.75. The average Bonchev–Trinajstić information content (AvgIpc) is 3.27. The number of hydrogen-bond acceptors (Lipinski definition) is 3. The minimum Gasteiger partial charge on any atom is -0.383 e. The lowest BCUT2D eigenvalue weighted by Gasteiger charge is -2.13. The second-order valence-corrected chi connectivity index (χ2v) is 5.81. The highest BCUT2D eigenvalue weighted by Crippen LogP contribution is 2.39. The molecule has 1 aromatic heterocycles. The van der Waals surface area contributed by atoms with E-state index in [4.69, 9.17) is 4.74 Å². The Bertz CT molecular complexity index is 647. The summed E-state index contributed by atoms with van der Waals surface area (Å²) in [6.45, 7) is 2.41. The van der Waals surface area contributed by atoms with E-state index in [9.17, 15) is 4.79 Å². The molecule has 1 aliphatic rings. The van der Waals surface area contributed by atoms with Crippen molar-refractivity contribution in [3.63, 3.8) is 0 Å². The van der Waals surface area contributed by atoms with Gasteiger partial charge in [0.1, 0.15) is 5.69 Å². The van der Waals surface area contributed by atoms with Crippen molar-refractivity contribution in [3.05, 3.63) is 47.8 Å². The molecular formula is C17H21N3O2. The lowest BCUT2D eigenvalue weighted by atomic mass is 10.2. The van der Waals surface area contributed by atoms with E-state index in [1.54, 1.807) is 11.8 Å². The maximum atomic E-state index is 12.6. The Balaban J connectivity index is 1.90. The first-order valence-electron chi connectivity index (χ1n) is 7.64. The van der Waals surface area contributed by atoms with Crippen LogP contribution in [0.4, 0.5) is 0 Å². The zero-order valence-electron chi connectivity index (χ0n) is 13.0. The van der Waals surface area contributed by atoms with Gasteiger partial charge >= 0.3 is 0 Å². The van der Waals surface area contributed by atoms with Gasteiger partial charge in [-0.1, -0.05) is 18.2 Å². The normalized spacial score (nSPS) is 15.5. The summed E-state index contributed by atoms with van der Waals surface area (Å²) < 4.78 is 6.81. The van der Waals surface area contributed by atoms with Crippen LogP contribution in [0.5, 0.6) is 0 Å². The number of carbonyl (C=O) groups excluding carboxylic acids is 1. The standard InChI is InChI=1S/C17H21N3O2/c1-12(11-22-2)18-17(21)16-10-15(13-8-9-13)19-20(16)14-6-4-3-5-7-14/h3-7,10,12-13H,8-9,11H2,1-2H3,(H,18,21). The summed E-state index contributed by atoms with van der Waals surface area (Å²) >= 11 is 0. The third kappa shape index (κ3) is 3.20. The largest absolute Gasteiger partial charge is 0.383 e. The van der Waals surface area contributed by atoms with Gasteiger partial charge in [0.15, 0.2) is 0 Å². The van der Waals surface area contributed by atoms with E-state index in [2.05, 4.69) is 10.4 Å². The molecule has 0 aliphatic heterocycles. The molecule has 1 fully saturated rings. The van der Waals surface area contributed by atoms with Crippen LogP contribution in [0.3, 0.4) is 0 Å². The molecule has 1 unspecified atom stereocenters.